The van der Waals surface area contributed by atoms with Gasteiger partial charge in [0.1, 0.15) is 6.04 Å². The van der Waals surface area contributed by atoms with Gasteiger partial charge in [0.05, 0.1) is 32.5 Å². The fourth-order valence-electron chi connectivity index (χ4n) is 3.09. The fraction of sp³-hybridized carbons (Fsp3) is 0.688. The predicted molar refractivity (Wildman–Crippen MR) is 104 cm³/mol. The molecular weight excluding hydrogens is 385 g/mol. The van der Waals surface area contributed by atoms with Crippen molar-refractivity contribution in [3.05, 3.63) is 22.4 Å². The summed E-state index contributed by atoms with van der Waals surface area (Å²) < 4.78 is 10.9. The van der Waals surface area contributed by atoms with Crippen LogP contribution in [0.15, 0.2) is 17.5 Å². The van der Waals surface area contributed by atoms with Gasteiger partial charge in [0.15, 0.2) is 0 Å². The molecule has 144 valence electrons. The van der Waals surface area contributed by atoms with Crippen molar-refractivity contribution < 1.29 is 14.3 Å². The van der Waals surface area contributed by atoms with Crippen molar-refractivity contribution in [2.45, 2.75) is 12.1 Å². The minimum Gasteiger partial charge on any atom is -0.379 e. The monoisotopic (exact) mass is 411 g/mol. The van der Waals surface area contributed by atoms with Crippen molar-refractivity contribution in [2.75, 3.05) is 59.7 Å². The molecule has 2 aliphatic heterocycles. The molecular formula is C16H27Cl2N3O3S. The van der Waals surface area contributed by atoms with Crippen molar-refractivity contribution in [3.8, 4) is 0 Å². The van der Waals surface area contributed by atoms with E-state index in [-0.39, 0.29) is 42.8 Å². The summed E-state index contributed by atoms with van der Waals surface area (Å²) >= 11 is 1.75. The predicted octanol–water partition coefficient (Wildman–Crippen LogP) is 1.41. The standard InChI is InChI=1S/C16H25N3O3S.2ClH/c1-18(16(20)13-12-22-7-4-17-13)11-14(15-3-2-10-23-15)19-5-8-21-9-6-19;;/h2-3,10,13-14,17H,4-9,11-12H2,1H3;2*1H. The van der Waals surface area contributed by atoms with Crippen molar-refractivity contribution in [1.29, 1.82) is 0 Å². The maximum absolute atomic E-state index is 12.6. The molecule has 0 spiro atoms. The highest BCUT2D eigenvalue weighted by atomic mass is 35.5. The van der Waals surface area contributed by atoms with Crippen LogP contribution in [-0.4, -0.2) is 81.4 Å². The van der Waals surface area contributed by atoms with Crippen LogP contribution in [0.5, 0.6) is 0 Å². The first-order valence-corrected chi connectivity index (χ1v) is 9.05. The summed E-state index contributed by atoms with van der Waals surface area (Å²) in [4.78, 5) is 18.2. The van der Waals surface area contributed by atoms with E-state index in [2.05, 4.69) is 27.7 Å². The van der Waals surface area contributed by atoms with Gasteiger partial charge in [-0.05, 0) is 11.4 Å². The lowest BCUT2D eigenvalue weighted by Crippen LogP contribution is -2.53. The van der Waals surface area contributed by atoms with Gasteiger partial charge in [-0.3, -0.25) is 9.69 Å². The SMILES string of the molecule is CN(CC(c1cccs1)N1CCOCC1)C(=O)C1COCCN1.Cl.Cl. The van der Waals surface area contributed by atoms with Crippen LogP contribution in [0.4, 0.5) is 0 Å². The van der Waals surface area contributed by atoms with Gasteiger partial charge in [-0.2, -0.15) is 0 Å². The molecule has 6 nitrogen and oxygen atoms in total. The Morgan fingerprint density at radius 1 is 1.36 bits per heavy atom. The Bertz CT molecular complexity index is 495. The summed E-state index contributed by atoms with van der Waals surface area (Å²) in [7, 11) is 1.89. The number of amides is 1. The first-order chi connectivity index (χ1) is 11.3. The summed E-state index contributed by atoms with van der Waals surface area (Å²) in [5, 5.41) is 5.34. The first-order valence-electron chi connectivity index (χ1n) is 8.17. The van der Waals surface area contributed by atoms with E-state index in [9.17, 15) is 4.79 Å². The molecule has 2 aliphatic rings. The third kappa shape index (κ3) is 6.06. The lowest BCUT2D eigenvalue weighted by atomic mass is 10.1. The van der Waals surface area contributed by atoms with E-state index < -0.39 is 0 Å². The van der Waals surface area contributed by atoms with Gasteiger partial charge in [0, 0.05) is 38.1 Å². The van der Waals surface area contributed by atoms with E-state index in [4.69, 9.17) is 9.47 Å². The number of carbonyl (C=O) groups is 1. The smallest absolute Gasteiger partial charge is 0.241 e. The molecule has 1 N–H and O–H groups in total. The van der Waals surface area contributed by atoms with E-state index in [0.29, 0.717) is 19.8 Å². The topological polar surface area (TPSA) is 54.0 Å². The van der Waals surface area contributed by atoms with Crippen molar-refractivity contribution in [2.24, 2.45) is 0 Å². The summed E-state index contributed by atoms with van der Waals surface area (Å²) in [6.07, 6.45) is 0. The summed E-state index contributed by atoms with van der Waals surface area (Å²) in [5.74, 6) is 0.111. The van der Waals surface area contributed by atoms with Crippen LogP contribution in [0.3, 0.4) is 0 Å². The zero-order chi connectivity index (χ0) is 16.1. The average Bonchev–Trinajstić information content (AvgIpc) is 3.14. The van der Waals surface area contributed by atoms with Crippen LogP contribution in [0.25, 0.3) is 0 Å². The third-order valence-electron chi connectivity index (χ3n) is 4.40. The molecule has 3 rings (SSSR count). The van der Waals surface area contributed by atoms with Crippen LogP contribution < -0.4 is 5.32 Å². The number of nitrogens with one attached hydrogen (secondary N) is 1. The Morgan fingerprint density at radius 3 is 2.72 bits per heavy atom. The molecule has 2 saturated heterocycles. The largest absolute Gasteiger partial charge is 0.379 e. The van der Waals surface area contributed by atoms with Gasteiger partial charge < -0.3 is 19.7 Å². The fourth-order valence-corrected chi connectivity index (χ4v) is 3.95. The summed E-state index contributed by atoms with van der Waals surface area (Å²) in [6.45, 7) is 5.92. The molecule has 1 aromatic rings. The molecule has 0 aliphatic carbocycles. The van der Waals surface area contributed by atoms with E-state index in [1.165, 1.54) is 4.88 Å². The number of ether oxygens (including phenoxy) is 2. The highest BCUT2D eigenvalue weighted by molar-refractivity contribution is 7.10. The Balaban J connectivity index is 0.00000156. The van der Waals surface area contributed by atoms with Crippen molar-refractivity contribution >= 4 is 42.1 Å². The van der Waals surface area contributed by atoms with Gasteiger partial charge in [0.25, 0.3) is 0 Å². The first kappa shape index (κ1) is 22.6. The second-order valence-corrected chi connectivity index (χ2v) is 6.96. The quantitative estimate of drug-likeness (QED) is 0.793. The number of hydrogen-bond donors (Lipinski definition) is 1. The summed E-state index contributed by atoms with van der Waals surface area (Å²) in [6, 6.07) is 4.25. The van der Waals surface area contributed by atoms with Crippen LogP contribution in [0.2, 0.25) is 0 Å². The van der Waals surface area contributed by atoms with E-state index in [1.54, 1.807) is 11.3 Å². The van der Waals surface area contributed by atoms with Gasteiger partial charge in [-0.1, -0.05) is 6.07 Å². The Morgan fingerprint density at radius 2 is 2.12 bits per heavy atom. The van der Waals surface area contributed by atoms with Crippen LogP contribution in [0.1, 0.15) is 10.9 Å². The highest BCUT2D eigenvalue weighted by Gasteiger charge is 2.29. The lowest BCUT2D eigenvalue weighted by Gasteiger charge is -2.37. The number of halogens is 2. The number of carbonyl (C=O) groups excluding carboxylic acids is 1. The maximum atomic E-state index is 12.6. The molecule has 0 aromatic carbocycles. The van der Waals surface area contributed by atoms with Crippen molar-refractivity contribution in [1.82, 2.24) is 15.1 Å². The Kier molecular flexibility index (Phi) is 10.3. The minimum atomic E-state index is -0.220. The average molecular weight is 412 g/mol. The van der Waals surface area contributed by atoms with Crippen LogP contribution >= 0.6 is 36.2 Å². The van der Waals surface area contributed by atoms with Crippen LogP contribution in [0, 0.1) is 0 Å². The molecule has 9 heteroatoms. The number of nitrogens with zero attached hydrogens (tertiary/aromatic N) is 2. The molecule has 2 fully saturated rings. The molecule has 25 heavy (non-hydrogen) atoms. The number of likely N-dealkylation sites (N-methyl/N-ethyl adjacent to an activating group) is 1. The molecule has 1 aromatic heterocycles. The number of hydrogen-bond acceptors (Lipinski definition) is 6. The molecule has 0 saturated carbocycles. The Labute approximate surface area is 165 Å². The second-order valence-electron chi connectivity index (χ2n) is 5.98. The van der Waals surface area contributed by atoms with Gasteiger partial charge in [-0.15, -0.1) is 36.2 Å². The molecule has 0 bridgehead atoms. The second kappa shape index (κ2) is 11.3. The molecule has 3 heterocycles. The zero-order valence-electron chi connectivity index (χ0n) is 14.4. The van der Waals surface area contributed by atoms with Gasteiger partial charge in [-0.25, -0.2) is 0 Å². The molecule has 0 radical (unpaired) electrons. The summed E-state index contributed by atoms with van der Waals surface area (Å²) in [5.41, 5.74) is 0. The Hall–Kier alpha value is -0.410. The normalized spacial score (nSPS) is 22.4. The maximum Gasteiger partial charge on any atom is 0.241 e. The van der Waals surface area contributed by atoms with E-state index in [0.717, 1.165) is 32.8 Å². The number of rotatable bonds is 5. The number of thiophene rings is 1. The molecule has 2 unspecified atom stereocenters. The zero-order valence-corrected chi connectivity index (χ0v) is 16.8. The van der Waals surface area contributed by atoms with E-state index in [1.807, 2.05) is 11.9 Å². The van der Waals surface area contributed by atoms with Crippen molar-refractivity contribution in [3.63, 3.8) is 0 Å². The third-order valence-corrected chi connectivity index (χ3v) is 5.37. The minimum absolute atomic E-state index is 0. The highest BCUT2D eigenvalue weighted by Crippen LogP contribution is 2.27. The molecule has 1 amide bonds. The van der Waals surface area contributed by atoms with Crippen LogP contribution in [-0.2, 0) is 14.3 Å². The molecule has 2 atom stereocenters. The van der Waals surface area contributed by atoms with Gasteiger partial charge >= 0.3 is 0 Å². The number of morpholine rings is 2. The van der Waals surface area contributed by atoms with Gasteiger partial charge in [0.2, 0.25) is 5.91 Å². The van der Waals surface area contributed by atoms with E-state index >= 15 is 0 Å². The lowest BCUT2D eigenvalue weighted by molar-refractivity contribution is -0.136.